The molecule has 0 bridgehead atoms. The van der Waals surface area contributed by atoms with Crippen molar-refractivity contribution in [1.82, 2.24) is 5.32 Å². The lowest BCUT2D eigenvalue weighted by molar-refractivity contribution is -0.143. The number of nitrogens with one attached hydrogen (secondary N) is 1. The van der Waals surface area contributed by atoms with Crippen LogP contribution in [0.2, 0.25) is 0 Å². The van der Waals surface area contributed by atoms with E-state index < -0.39 is 11.4 Å². The van der Waals surface area contributed by atoms with E-state index in [2.05, 4.69) is 5.32 Å². The molecule has 0 atom stereocenters. The van der Waals surface area contributed by atoms with Crippen molar-refractivity contribution in [2.45, 2.75) is 19.8 Å². The Labute approximate surface area is 140 Å². The molecular weight excluding hydrogens is 306 g/mol. The monoisotopic (exact) mass is 325 g/mol. The molecule has 1 amide bonds. The molecule has 2 aromatic rings. The summed E-state index contributed by atoms with van der Waals surface area (Å²) in [5.41, 5.74) is 0.661. The average molecular weight is 325 g/mol. The predicted molar refractivity (Wildman–Crippen MR) is 89.3 cm³/mol. The topological polar surface area (TPSA) is 75.6 Å². The number of hydrogen-bond donors (Lipinski definition) is 2. The Balaban J connectivity index is 1.74. The molecule has 0 spiro atoms. The van der Waals surface area contributed by atoms with Crippen LogP contribution in [0.5, 0.6) is 11.5 Å². The summed E-state index contributed by atoms with van der Waals surface area (Å²) in [5.74, 6) is -0.0851. The lowest BCUT2D eigenvalue weighted by Gasteiger charge is -2.14. The zero-order valence-corrected chi connectivity index (χ0v) is 13.4. The highest BCUT2D eigenvalue weighted by molar-refractivity contribution is 5.97. The number of aryl methyl sites for hydroxylation is 1. The summed E-state index contributed by atoms with van der Waals surface area (Å²) < 4.78 is 5.83. The van der Waals surface area contributed by atoms with Crippen LogP contribution in [0.15, 0.2) is 48.5 Å². The zero-order valence-electron chi connectivity index (χ0n) is 13.4. The Morgan fingerprint density at radius 1 is 1.17 bits per heavy atom. The van der Waals surface area contributed by atoms with Crippen LogP contribution in [-0.2, 0) is 4.79 Å². The van der Waals surface area contributed by atoms with E-state index in [0.717, 1.165) is 5.56 Å². The number of carboxylic acids is 1. The third-order valence-corrected chi connectivity index (χ3v) is 4.24. The fourth-order valence-corrected chi connectivity index (χ4v) is 2.51. The number of amides is 1. The molecule has 3 rings (SSSR count). The van der Waals surface area contributed by atoms with E-state index >= 15 is 0 Å². The number of para-hydroxylation sites is 1. The van der Waals surface area contributed by atoms with Crippen molar-refractivity contribution < 1.29 is 19.4 Å². The van der Waals surface area contributed by atoms with E-state index in [9.17, 15) is 14.7 Å². The van der Waals surface area contributed by atoms with Crippen LogP contribution in [0.25, 0.3) is 0 Å². The highest BCUT2D eigenvalue weighted by Crippen LogP contribution is 2.45. The third-order valence-electron chi connectivity index (χ3n) is 4.24. The summed E-state index contributed by atoms with van der Waals surface area (Å²) in [7, 11) is 0. The minimum Gasteiger partial charge on any atom is -0.481 e. The van der Waals surface area contributed by atoms with E-state index in [1.807, 2.05) is 31.2 Å². The summed E-state index contributed by atoms with van der Waals surface area (Å²) in [5, 5.41) is 11.9. The predicted octanol–water partition coefficient (Wildman–Crippen LogP) is 3.38. The number of rotatable bonds is 6. The van der Waals surface area contributed by atoms with Crippen molar-refractivity contribution >= 4 is 11.9 Å². The zero-order chi connectivity index (χ0) is 17.2. The second-order valence-corrected chi connectivity index (χ2v) is 6.18. The molecule has 0 aromatic heterocycles. The largest absolute Gasteiger partial charge is 0.481 e. The maximum Gasteiger partial charge on any atom is 0.311 e. The Hall–Kier alpha value is -2.82. The van der Waals surface area contributed by atoms with Crippen molar-refractivity contribution in [1.29, 1.82) is 0 Å². The van der Waals surface area contributed by atoms with Crippen molar-refractivity contribution in [2.75, 3.05) is 6.54 Å². The molecular formula is C19H19NO4. The van der Waals surface area contributed by atoms with E-state index in [0.29, 0.717) is 29.9 Å². The normalized spacial score (nSPS) is 14.7. The minimum atomic E-state index is -0.855. The van der Waals surface area contributed by atoms with E-state index in [1.165, 1.54) is 0 Å². The molecule has 1 saturated carbocycles. The minimum absolute atomic E-state index is 0.139. The van der Waals surface area contributed by atoms with Crippen LogP contribution in [0, 0.1) is 12.3 Å². The van der Waals surface area contributed by atoms with Gasteiger partial charge >= 0.3 is 5.97 Å². The van der Waals surface area contributed by atoms with Gasteiger partial charge in [0.05, 0.1) is 11.0 Å². The lowest BCUT2D eigenvalue weighted by Crippen LogP contribution is -2.34. The number of carboxylic acid groups (broad SMARTS) is 1. The van der Waals surface area contributed by atoms with Gasteiger partial charge in [-0.1, -0.05) is 24.3 Å². The van der Waals surface area contributed by atoms with Gasteiger partial charge in [0, 0.05) is 6.54 Å². The number of carbonyl (C=O) groups is 2. The highest BCUT2D eigenvalue weighted by Gasteiger charge is 2.50. The van der Waals surface area contributed by atoms with Gasteiger partial charge in [-0.3, -0.25) is 9.59 Å². The van der Waals surface area contributed by atoms with E-state index in [1.54, 1.807) is 24.3 Å². The molecule has 124 valence electrons. The van der Waals surface area contributed by atoms with Crippen molar-refractivity contribution in [3.8, 4) is 11.5 Å². The standard InChI is InChI=1S/C19H19NO4/c1-13-5-4-6-14(11-13)24-16-8-3-2-7-15(16)17(21)20-12-19(9-10-19)18(22)23/h2-8,11H,9-10,12H2,1H3,(H,20,21)(H,22,23). The van der Waals surface area contributed by atoms with E-state index in [-0.39, 0.29) is 12.5 Å². The summed E-state index contributed by atoms with van der Waals surface area (Å²) >= 11 is 0. The molecule has 5 heteroatoms. The number of ether oxygens (including phenoxy) is 1. The van der Waals surface area contributed by atoms with Gasteiger partial charge < -0.3 is 15.2 Å². The van der Waals surface area contributed by atoms with Crippen LogP contribution in [0.1, 0.15) is 28.8 Å². The highest BCUT2D eigenvalue weighted by atomic mass is 16.5. The van der Waals surface area contributed by atoms with Gasteiger partial charge in [0.25, 0.3) is 5.91 Å². The van der Waals surface area contributed by atoms with Crippen LogP contribution in [0.3, 0.4) is 0 Å². The van der Waals surface area contributed by atoms with Crippen LogP contribution >= 0.6 is 0 Å². The first kappa shape index (κ1) is 16.1. The summed E-state index contributed by atoms with van der Waals surface area (Å²) in [6.45, 7) is 2.10. The average Bonchev–Trinajstić information content (AvgIpc) is 3.34. The number of carbonyl (C=O) groups excluding carboxylic acids is 1. The first-order valence-corrected chi connectivity index (χ1v) is 7.85. The third kappa shape index (κ3) is 3.40. The smallest absolute Gasteiger partial charge is 0.311 e. The lowest BCUT2D eigenvalue weighted by atomic mass is 10.1. The molecule has 2 N–H and O–H groups in total. The molecule has 1 aliphatic carbocycles. The molecule has 0 aliphatic heterocycles. The second kappa shape index (κ2) is 6.35. The maximum absolute atomic E-state index is 12.4. The molecule has 5 nitrogen and oxygen atoms in total. The fourth-order valence-electron chi connectivity index (χ4n) is 2.51. The molecule has 2 aromatic carbocycles. The van der Waals surface area contributed by atoms with E-state index in [4.69, 9.17) is 4.74 Å². The summed E-state index contributed by atoms with van der Waals surface area (Å²) in [4.78, 5) is 23.6. The molecule has 0 radical (unpaired) electrons. The maximum atomic E-state index is 12.4. The molecule has 1 aliphatic rings. The Morgan fingerprint density at radius 3 is 2.58 bits per heavy atom. The van der Waals surface area contributed by atoms with Gasteiger partial charge in [0.1, 0.15) is 11.5 Å². The van der Waals surface area contributed by atoms with Crippen LogP contribution in [0.4, 0.5) is 0 Å². The van der Waals surface area contributed by atoms with Crippen LogP contribution < -0.4 is 10.1 Å². The molecule has 0 unspecified atom stereocenters. The van der Waals surface area contributed by atoms with Crippen LogP contribution in [-0.4, -0.2) is 23.5 Å². The second-order valence-electron chi connectivity index (χ2n) is 6.18. The molecule has 24 heavy (non-hydrogen) atoms. The van der Waals surface area contributed by atoms with Gasteiger partial charge in [-0.05, 0) is 49.6 Å². The Kier molecular flexibility index (Phi) is 4.25. The van der Waals surface area contributed by atoms with Gasteiger partial charge in [-0.25, -0.2) is 0 Å². The van der Waals surface area contributed by atoms with Crippen molar-refractivity contribution in [3.63, 3.8) is 0 Å². The first-order chi connectivity index (χ1) is 11.5. The SMILES string of the molecule is Cc1cccc(Oc2ccccc2C(=O)NCC2(C(=O)O)CC2)c1. The number of aliphatic carboxylic acids is 1. The molecule has 0 saturated heterocycles. The van der Waals surface area contributed by atoms with Gasteiger partial charge in [0.15, 0.2) is 0 Å². The first-order valence-electron chi connectivity index (χ1n) is 7.85. The van der Waals surface area contributed by atoms with Gasteiger partial charge in [-0.15, -0.1) is 0 Å². The molecule has 0 heterocycles. The summed E-state index contributed by atoms with van der Waals surface area (Å²) in [6.07, 6.45) is 1.20. The van der Waals surface area contributed by atoms with Crippen molar-refractivity contribution in [3.05, 3.63) is 59.7 Å². The quantitative estimate of drug-likeness (QED) is 0.853. The van der Waals surface area contributed by atoms with Gasteiger partial charge in [-0.2, -0.15) is 0 Å². The molecule has 1 fully saturated rings. The number of hydrogen-bond acceptors (Lipinski definition) is 3. The summed E-state index contributed by atoms with van der Waals surface area (Å²) in [6, 6.07) is 14.5. The van der Waals surface area contributed by atoms with Crippen molar-refractivity contribution in [2.24, 2.45) is 5.41 Å². The van der Waals surface area contributed by atoms with Gasteiger partial charge in [0.2, 0.25) is 0 Å². The number of benzene rings is 2. The Morgan fingerprint density at radius 2 is 1.92 bits per heavy atom. The fraction of sp³-hybridized carbons (Fsp3) is 0.263. The Bertz CT molecular complexity index is 780.